The van der Waals surface area contributed by atoms with Crippen molar-refractivity contribution in [2.45, 2.75) is 32.1 Å². The van der Waals surface area contributed by atoms with Crippen LogP contribution in [0, 0.1) is 17.6 Å². The van der Waals surface area contributed by atoms with Crippen molar-refractivity contribution < 1.29 is 8.78 Å². The largest absolute Gasteiger partial charge is 0.375 e. The Morgan fingerprint density at radius 1 is 1.15 bits per heavy atom. The van der Waals surface area contributed by atoms with Gasteiger partial charge in [0.15, 0.2) is 16.7 Å². The summed E-state index contributed by atoms with van der Waals surface area (Å²) in [6.45, 7) is 4.33. The summed E-state index contributed by atoms with van der Waals surface area (Å²) in [5.74, 6) is -0.950. The van der Waals surface area contributed by atoms with E-state index in [1.807, 2.05) is 4.90 Å². The number of nitrogens with zero attached hydrogens (tertiary/aromatic N) is 3. The monoisotopic (exact) mass is 395 g/mol. The highest BCUT2D eigenvalue weighted by atomic mass is 32.1. The normalized spacial score (nSPS) is 19.6. The lowest BCUT2D eigenvalue weighted by Gasteiger charge is -2.38. The summed E-state index contributed by atoms with van der Waals surface area (Å²) in [6.07, 6.45) is 7.88. The van der Waals surface area contributed by atoms with Crippen molar-refractivity contribution in [3.63, 3.8) is 0 Å². The van der Waals surface area contributed by atoms with E-state index < -0.39 is 11.6 Å². The number of thiocarbonyl (C=S) groups is 1. The minimum atomic E-state index is -0.911. The Labute approximate surface area is 164 Å². The van der Waals surface area contributed by atoms with Crippen LogP contribution in [0.5, 0.6) is 0 Å². The van der Waals surface area contributed by atoms with Gasteiger partial charge in [0.25, 0.3) is 0 Å². The summed E-state index contributed by atoms with van der Waals surface area (Å²) in [5, 5.41) is 3.65. The molecule has 8 heteroatoms. The second-order valence-corrected chi connectivity index (χ2v) is 7.77. The number of nitrogens with two attached hydrogens (primary N) is 1. The number of nitrogens with one attached hydrogen (secondary N) is 1. The van der Waals surface area contributed by atoms with E-state index >= 15 is 0 Å². The molecule has 0 aromatic heterocycles. The number of piperazine rings is 1. The van der Waals surface area contributed by atoms with E-state index in [2.05, 4.69) is 27.6 Å². The SMILES string of the molecule is NC(=S)NN=Cc1ccc(N2CCN(CC3CCCCC3)CC2)c(F)c1F. The molecule has 1 aliphatic heterocycles. The van der Waals surface area contributed by atoms with Crippen LogP contribution in [-0.2, 0) is 0 Å². The maximum atomic E-state index is 14.5. The lowest BCUT2D eigenvalue weighted by molar-refractivity contribution is 0.191. The summed E-state index contributed by atoms with van der Waals surface area (Å²) in [6, 6.07) is 3.13. The van der Waals surface area contributed by atoms with Crippen LogP contribution < -0.4 is 16.1 Å². The van der Waals surface area contributed by atoms with E-state index in [4.69, 9.17) is 5.73 Å². The van der Waals surface area contributed by atoms with Gasteiger partial charge >= 0.3 is 0 Å². The Hall–Kier alpha value is -1.80. The number of anilines is 1. The predicted molar refractivity (Wildman–Crippen MR) is 109 cm³/mol. The fourth-order valence-electron chi connectivity index (χ4n) is 3.97. The lowest BCUT2D eigenvalue weighted by atomic mass is 9.89. The first kappa shape index (κ1) is 19.9. The quantitative estimate of drug-likeness (QED) is 0.456. The van der Waals surface area contributed by atoms with Crippen LogP contribution >= 0.6 is 12.2 Å². The molecule has 0 bridgehead atoms. The molecule has 1 aromatic rings. The van der Waals surface area contributed by atoms with Crippen LogP contribution in [0.2, 0.25) is 0 Å². The van der Waals surface area contributed by atoms with Crippen molar-refractivity contribution in [1.82, 2.24) is 10.3 Å². The third kappa shape index (κ3) is 5.35. The molecule has 0 radical (unpaired) electrons. The Morgan fingerprint density at radius 2 is 1.85 bits per heavy atom. The molecule has 1 aliphatic carbocycles. The molecule has 1 heterocycles. The number of rotatable bonds is 5. The minimum Gasteiger partial charge on any atom is -0.375 e. The topological polar surface area (TPSA) is 56.9 Å². The first-order valence-electron chi connectivity index (χ1n) is 9.58. The number of hydrogen-bond acceptors (Lipinski definition) is 4. The minimum absolute atomic E-state index is 0.0325. The molecule has 3 rings (SSSR count). The Morgan fingerprint density at radius 3 is 2.52 bits per heavy atom. The summed E-state index contributed by atoms with van der Waals surface area (Å²) in [7, 11) is 0. The molecule has 1 aromatic carbocycles. The van der Waals surface area contributed by atoms with Gasteiger partial charge in [-0.25, -0.2) is 8.78 Å². The van der Waals surface area contributed by atoms with E-state index in [-0.39, 0.29) is 10.7 Å². The Balaban J connectivity index is 1.58. The number of hydrogen-bond donors (Lipinski definition) is 2. The van der Waals surface area contributed by atoms with Crippen molar-refractivity contribution in [2.24, 2.45) is 16.8 Å². The standard InChI is InChI=1S/C19H27F2N5S/c20-17-15(12-23-24-19(22)27)6-7-16(18(17)21)26-10-8-25(9-11-26)13-14-4-2-1-3-5-14/h6-7,12,14H,1-5,8-11,13H2,(H3,22,24,27). The van der Waals surface area contributed by atoms with Gasteiger partial charge in [-0.1, -0.05) is 19.3 Å². The fourth-order valence-corrected chi connectivity index (χ4v) is 4.02. The molecule has 148 valence electrons. The lowest BCUT2D eigenvalue weighted by Crippen LogP contribution is -2.48. The van der Waals surface area contributed by atoms with Crippen molar-refractivity contribution in [3.8, 4) is 0 Å². The zero-order valence-electron chi connectivity index (χ0n) is 15.5. The molecule has 27 heavy (non-hydrogen) atoms. The van der Waals surface area contributed by atoms with E-state index in [1.54, 1.807) is 6.07 Å². The van der Waals surface area contributed by atoms with Crippen LogP contribution in [0.15, 0.2) is 17.2 Å². The number of benzene rings is 1. The number of halogens is 2. The molecule has 3 N–H and O–H groups in total. The van der Waals surface area contributed by atoms with E-state index in [0.29, 0.717) is 18.8 Å². The average molecular weight is 396 g/mol. The van der Waals surface area contributed by atoms with Gasteiger partial charge in [-0.15, -0.1) is 0 Å². The summed E-state index contributed by atoms with van der Waals surface area (Å²) < 4.78 is 28.9. The molecule has 0 atom stereocenters. The summed E-state index contributed by atoms with van der Waals surface area (Å²) >= 11 is 4.61. The predicted octanol–water partition coefficient (Wildman–Crippen LogP) is 2.83. The van der Waals surface area contributed by atoms with Crippen LogP contribution in [0.3, 0.4) is 0 Å². The van der Waals surface area contributed by atoms with Crippen LogP contribution in [0.25, 0.3) is 0 Å². The average Bonchev–Trinajstić information content (AvgIpc) is 2.67. The second kappa shape index (κ2) is 9.41. The third-order valence-electron chi connectivity index (χ3n) is 5.42. The highest BCUT2D eigenvalue weighted by molar-refractivity contribution is 7.80. The second-order valence-electron chi connectivity index (χ2n) is 7.33. The zero-order valence-corrected chi connectivity index (χ0v) is 16.3. The van der Waals surface area contributed by atoms with Crippen molar-refractivity contribution in [1.29, 1.82) is 0 Å². The van der Waals surface area contributed by atoms with Gasteiger partial charge < -0.3 is 10.6 Å². The molecule has 0 amide bonds. The molecule has 5 nitrogen and oxygen atoms in total. The van der Waals surface area contributed by atoms with E-state index in [9.17, 15) is 8.78 Å². The van der Waals surface area contributed by atoms with Gasteiger partial charge in [0.2, 0.25) is 0 Å². The zero-order chi connectivity index (χ0) is 19.2. The van der Waals surface area contributed by atoms with Crippen molar-refractivity contribution in [3.05, 3.63) is 29.3 Å². The van der Waals surface area contributed by atoms with Crippen LogP contribution in [0.1, 0.15) is 37.7 Å². The third-order valence-corrected chi connectivity index (χ3v) is 5.52. The molecule has 0 unspecified atom stereocenters. The smallest absolute Gasteiger partial charge is 0.184 e. The molecular weight excluding hydrogens is 368 g/mol. The molecule has 1 saturated carbocycles. The molecular formula is C19H27F2N5S. The van der Waals surface area contributed by atoms with Crippen molar-refractivity contribution >= 4 is 29.2 Å². The maximum Gasteiger partial charge on any atom is 0.184 e. The highest BCUT2D eigenvalue weighted by Gasteiger charge is 2.24. The summed E-state index contributed by atoms with van der Waals surface area (Å²) in [4.78, 5) is 4.38. The van der Waals surface area contributed by atoms with Gasteiger partial charge in [0.05, 0.1) is 11.9 Å². The van der Waals surface area contributed by atoms with Gasteiger partial charge in [-0.05, 0) is 43.1 Å². The molecule has 2 aliphatic rings. The maximum absolute atomic E-state index is 14.5. The van der Waals surface area contributed by atoms with Crippen LogP contribution in [-0.4, -0.2) is 49.0 Å². The number of hydrazone groups is 1. The van der Waals surface area contributed by atoms with Crippen LogP contribution in [0.4, 0.5) is 14.5 Å². The first-order valence-corrected chi connectivity index (χ1v) is 9.99. The molecule has 2 fully saturated rings. The molecule has 0 spiro atoms. The van der Waals surface area contributed by atoms with E-state index in [0.717, 1.165) is 25.6 Å². The van der Waals surface area contributed by atoms with Gasteiger partial charge in [0.1, 0.15) is 0 Å². The Bertz CT molecular complexity index is 683. The van der Waals surface area contributed by atoms with Gasteiger partial charge in [-0.2, -0.15) is 5.10 Å². The van der Waals surface area contributed by atoms with Gasteiger partial charge in [-0.3, -0.25) is 10.3 Å². The molecule has 1 saturated heterocycles. The first-order chi connectivity index (χ1) is 13.0. The van der Waals surface area contributed by atoms with E-state index in [1.165, 1.54) is 44.4 Å². The van der Waals surface area contributed by atoms with Gasteiger partial charge in [0, 0.05) is 38.3 Å². The fraction of sp³-hybridized carbons (Fsp3) is 0.579. The van der Waals surface area contributed by atoms with Crippen molar-refractivity contribution in [2.75, 3.05) is 37.6 Å². The summed E-state index contributed by atoms with van der Waals surface area (Å²) in [5.41, 5.74) is 7.94. The highest BCUT2D eigenvalue weighted by Crippen LogP contribution is 2.27. The Kier molecular flexibility index (Phi) is 6.95.